The summed E-state index contributed by atoms with van der Waals surface area (Å²) < 4.78 is 29.6. The molecule has 0 fully saturated rings. The number of hydrogen-bond donors (Lipinski definition) is 0. The van der Waals surface area contributed by atoms with Crippen LogP contribution in [0.3, 0.4) is 0 Å². The van der Waals surface area contributed by atoms with Gasteiger partial charge in [0.25, 0.3) is 5.12 Å². The fourth-order valence-corrected chi connectivity index (χ4v) is 2.89. The lowest BCUT2D eigenvalue weighted by atomic mass is 10.2. The van der Waals surface area contributed by atoms with Crippen molar-refractivity contribution in [2.75, 3.05) is 7.11 Å². The van der Waals surface area contributed by atoms with E-state index in [0.29, 0.717) is 3.97 Å². The highest BCUT2D eigenvalue weighted by molar-refractivity contribution is 8.05. The number of rotatable bonds is 3. The first-order valence-electron chi connectivity index (χ1n) is 5.59. The quantitative estimate of drug-likeness (QED) is 0.796. The van der Waals surface area contributed by atoms with Gasteiger partial charge in [-0.25, -0.2) is 8.77 Å². The minimum Gasteiger partial charge on any atom is -0.464 e. The van der Waals surface area contributed by atoms with Gasteiger partial charge >= 0.3 is 16.0 Å². The molecule has 104 valence electrons. The Hall–Kier alpha value is -2.41. The van der Waals surface area contributed by atoms with Crippen molar-refractivity contribution in [2.45, 2.75) is 0 Å². The van der Waals surface area contributed by atoms with E-state index in [4.69, 9.17) is 0 Å². The number of carbonyl (C=O) groups is 2. The predicted octanol–water partition coefficient (Wildman–Crippen LogP) is 1.29. The smallest absolute Gasteiger partial charge is 0.355 e. The SMILES string of the molecule is COC(=O)c1cccn1S(=O)(=O)C(=O)c1ccccc1. The Labute approximate surface area is 115 Å². The van der Waals surface area contributed by atoms with Crippen molar-refractivity contribution in [3.63, 3.8) is 0 Å². The maximum Gasteiger partial charge on any atom is 0.355 e. The molecule has 0 saturated heterocycles. The first kappa shape index (κ1) is 14.0. The first-order chi connectivity index (χ1) is 9.48. The van der Waals surface area contributed by atoms with Gasteiger partial charge in [-0.3, -0.25) is 4.79 Å². The number of esters is 1. The number of ether oxygens (including phenoxy) is 1. The minimum absolute atomic E-state index is 0.0250. The summed E-state index contributed by atoms with van der Waals surface area (Å²) in [5.74, 6) is -0.834. The largest absolute Gasteiger partial charge is 0.464 e. The third kappa shape index (κ3) is 2.35. The van der Waals surface area contributed by atoms with Gasteiger partial charge in [0.1, 0.15) is 5.69 Å². The highest BCUT2D eigenvalue weighted by Gasteiger charge is 2.29. The summed E-state index contributed by atoms with van der Waals surface area (Å²) in [6, 6.07) is 10.2. The molecule has 20 heavy (non-hydrogen) atoms. The van der Waals surface area contributed by atoms with Crippen molar-refractivity contribution in [3.05, 3.63) is 59.9 Å². The number of hydrogen-bond acceptors (Lipinski definition) is 5. The van der Waals surface area contributed by atoms with Crippen molar-refractivity contribution in [3.8, 4) is 0 Å². The molecule has 0 aliphatic heterocycles. The fraction of sp³-hybridized carbons (Fsp3) is 0.0769. The van der Waals surface area contributed by atoms with Crippen LogP contribution in [0.4, 0.5) is 0 Å². The molecule has 1 aromatic heterocycles. The average molecular weight is 293 g/mol. The third-order valence-corrected chi connectivity index (χ3v) is 4.15. The zero-order valence-electron chi connectivity index (χ0n) is 10.5. The lowest BCUT2D eigenvalue weighted by molar-refractivity contribution is 0.0593. The van der Waals surface area contributed by atoms with Crippen LogP contribution in [0.15, 0.2) is 48.7 Å². The summed E-state index contributed by atoms with van der Waals surface area (Å²) in [5.41, 5.74) is -0.200. The molecule has 0 atom stereocenters. The molecule has 2 aromatic rings. The molecule has 0 radical (unpaired) electrons. The van der Waals surface area contributed by atoms with Crippen molar-refractivity contribution in [1.29, 1.82) is 0 Å². The van der Waals surface area contributed by atoms with Crippen LogP contribution in [0, 0.1) is 0 Å². The Morgan fingerprint density at radius 2 is 1.70 bits per heavy atom. The van der Waals surface area contributed by atoms with Crippen LogP contribution in [-0.4, -0.2) is 30.6 Å². The number of benzene rings is 1. The molecule has 0 amide bonds. The fourth-order valence-electron chi connectivity index (χ4n) is 1.65. The van der Waals surface area contributed by atoms with Crippen LogP contribution >= 0.6 is 0 Å². The first-order valence-corrected chi connectivity index (χ1v) is 7.03. The van der Waals surface area contributed by atoms with E-state index < -0.39 is 21.1 Å². The second-order valence-corrected chi connectivity index (χ2v) is 5.55. The Kier molecular flexibility index (Phi) is 3.71. The van der Waals surface area contributed by atoms with Gasteiger partial charge in [-0.2, -0.15) is 8.42 Å². The molecule has 0 N–H and O–H groups in total. The van der Waals surface area contributed by atoms with Gasteiger partial charge in [-0.05, 0) is 12.1 Å². The zero-order valence-corrected chi connectivity index (χ0v) is 11.3. The maximum absolute atomic E-state index is 12.2. The molecular formula is C13H11NO5S. The Morgan fingerprint density at radius 3 is 2.30 bits per heavy atom. The number of nitrogens with zero attached hydrogens (tertiary/aromatic N) is 1. The topological polar surface area (TPSA) is 82.4 Å². The molecule has 7 heteroatoms. The lowest BCUT2D eigenvalue weighted by Crippen LogP contribution is -2.25. The molecular weight excluding hydrogens is 282 g/mol. The van der Waals surface area contributed by atoms with E-state index in [1.165, 1.54) is 24.3 Å². The van der Waals surface area contributed by atoms with Crippen molar-refractivity contribution >= 4 is 21.1 Å². The standard InChI is InChI=1S/C13H11NO5S/c1-19-12(15)11-8-5-9-14(11)20(17,18)13(16)10-6-3-2-4-7-10/h2-9H,1H3. The van der Waals surface area contributed by atoms with Crippen molar-refractivity contribution < 1.29 is 22.7 Å². The Bertz CT molecular complexity index is 746. The van der Waals surface area contributed by atoms with Crippen LogP contribution in [0.2, 0.25) is 0 Å². The molecule has 1 aromatic carbocycles. The van der Waals surface area contributed by atoms with E-state index in [-0.39, 0.29) is 11.3 Å². The third-order valence-electron chi connectivity index (χ3n) is 2.61. The normalized spacial score (nSPS) is 11.1. The van der Waals surface area contributed by atoms with Gasteiger partial charge in [0.05, 0.1) is 7.11 Å². The summed E-state index contributed by atoms with van der Waals surface area (Å²) >= 11 is 0. The second kappa shape index (κ2) is 5.30. The van der Waals surface area contributed by atoms with E-state index in [9.17, 15) is 18.0 Å². The van der Waals surface area contributed by atoms with E-state index >= 15 is 0 Å². The molecule has 6 nitrogen and oxygen atoms in total. The van der Waals surface area contributed by atoms with Crippen LogP contribution < -0.4 is 0 Å². The van der Waals surface area contributed by atoms with Gasteiger partial charge in [0, 0.05) is 11.8 Å². The Balaban J connectivity index is 2.49. The van der Waals surface area contributed by atoms with Crippen LogP contribution in [-0.2, 0) is 14.8 Å². The summed E-state index contributed by atoms with van der Waals surface area (Å²) in [5, 5.41) is -1.08. The molecule has 0 bridgehead atoms. The number of carbonyl (C=O) groups excluding carboxylic acids is 2. The van der Waals surface area contributed by atoms with Gasteiger partial charge in [0.2, 0.25) is 0 Å². The molecule has 0 unspecified atom stereocenters. The van der Waals surface area contributed by atoms with Crippen molar-refractivity contribution in [1.82, 2.24) is 3.97 Å². The molecule has 0 spiro atoms. The van der Waals surface area contributed by atoms with Crippen LogP contribution in [0.1, 0.15) is 20.8 Å². The molecule has 0 aliphatic rings. The second-order valence-electron chi connectivity index (χ2n) is 3.84. The summed E-state index contributed by atoms with van der Waals surface area (Å²) in [7, 11) is -3.23. The summed E-state index contributed by atoms with van der Waals surface area (Å²) in [4.78, 5) is 23.5. The number of methoxy groups -OCH3 is 1. The predicted molar refractivity (Wildman–Crippen MR) is 70.9 cm³/mol. The van der Waals surface area contributed by atoms with Crippen LogP contribution in [0.5, 0.6) is 0 Å². The van der Waals surface area contributed by atoms with Crippen LogP contribution in [0.25, 0.3) is 0 Å². The van der Waals surface area contributed by atoms with Crippen molar-refractivity contribution in [2.24, 2.45) is 0 Å². The minimum atomic E-state index is -4.36. The monoisotopic (exact) mass is 293 g/mol. The van der Waals surface area contributed by atoms with E-state index in [2.05, 4.69) is 4.74 Å². The average Bonchev–Trinajstić information content (AvgIpc) is 2.96. The summed E-state index contributed by atoms with van der Waals surface area (Å²) in [6.07, 6.45) is 1.13. The highest BCUT2D eigenvalue weighted by atomic mass is 32.2. The zero-order chi connectivity index (χ0) is 14.8. The molecule has 2 rings (SSSR count). The molecule has 0 aliphatic carbocycles. The number of aromatic nitrogens is 1. The molecule has 1 heterocycles. The van der Waals surface area contributed by atoms with E-state index in [0.717, 1.165) is 13.3 Å². The Morgan fingerprint density at radius 1 is 1.05 bits per heavy atom. The molecule has 0 saturated carbocycles. The van der Waals surface area contributed by atoms with E-state index in [1.54, 1.807) is 18.2 Å². The van der Waals surface area contributed by atoms with E-state index in [1.807, 2.05) is 0 Å². The lowest BCUT2D eigenvalue weighted by Gasteiger charge is -2.08. The van der Waals surface area contributed by atoms with Gasteiger partial charge in [-0.1, -0.05) is 30.3 Å². The van der Waals surface area contributed by atoms with Gasteiger partial charge in [-0.15, -0.1) is 0 Å². The van der Waals surface area contributed by atoms with Gasteiger partial charge < -0.3 is 4.74 Å². The van der Waals surface area contributed by atoms with Gasteiger partial charge in [0.15, 0.2) is 0 Å². The maximum atomic E-state index is 12.2. The summed E-state index contributed by atoms with van der Waals surface area (Å²) in [6.45, 7) is 0. The highest BCUT2D eigenvalue weighted by Crippen LogP contribution is 2.13.